The highest BCUT2D eigenvalue weighted by atomic mass is 32.2. The van der Waals surface area contributed by atoms with Crippen LogP contribution in [0.4, 0.5) is 0 Å². The lowest BCUT2D eigenvalue weighted by atomic mass is 9.99. The molecule has 0 aliphatic carbocycles. The summed E-state index contributed by atoms with van der Waals surface area (Å²) in [6, 6.07) is 0. The molecule has 2 aliphatic rings. The van der Waals surface area contributed by atoms with Gasteiger partial charge in [0.1, 0.15) is 5.82 Å². The first-order valence-corrected chi connectivity index (χ1v) is 7.62. The normalized spacial score (nSPS) is 30.1. The third kappa shape index (κ3) is 1.90. The van der Waals surface area contributed by atoms with Crippen molar-refractivity contribution in [2.24, 2.45) is 5.92 Å². The maximum absolute atomic E-state index is 4.71. The van der Waals surface area contributed by atoms with Gasteiger partial charge in [0.05, 0.1) is 0 Å². The van der Waals surface area contributed by atoms with E-state index >= 15 is 0 Å². The second-order valence-corrected chi connectivity index (χ2v) is 6.43. The van der Waals surface area contributed by atoms with Crippen LogP contribution in [0.5, 0.6) is 0 Å². The summed E-state index contributed by atoms with van der Waals surface area (Å²) in [6.07, 6.45) is 7.41. The van der Waals surface area contributed by atoms with Gasteiger partial charge in [-0.15, -0.1) is 0 Å². The molecule has 2 nitrogen and oxygen atoms in total. The Morgan fingerprint density at radius 1 is 1.44 bits per heavy atom. The van der Waals surface area contributed by atoms with Crippen molar-refractivity contribution in [2.45, 2.75) is 45.1 Å². The molecule has 88 valence electrons. The minimum Gasteiger partial charge on any atom is -0.332 e. The first kappa shape index (κ1) is 10.7. The maximum atomic E-state index is 4.71. The molecule has 1 aromatic rings. The van der Waals surface area contributed by atoms with Gasteiger partial charge in [0.2, 0.25) is 0 Å². The molecule has 0 aromatic carbocycles. The van der Waals surface area contributed by atoms with Gasteiger partial charge in [-0.25, -0.2) is 4.98 Å². The van der Waals surface area contributed by atoms with Gasteiger partial charge < -0.3 is 4.57 Å². The van der Waals surface area contributed by atoms with Crippen molar-refractivity contribution in [1.82, 2.24) is 9.55 Å². The van der Waals surface area contributed by atoms with E-state index < -0.39 is 0 Å². The summed E-state index contributed by atoms with van der Waals surface area (Å²) >= 11 is 2.10. The van der Waals surface area contributed by atoms with Crippen LogP contribution < -0.4 is 0 Å². The molecule has 2 unspecified atom stereocenters. The number of fused-ring (bicyclic) bond motifs is 1. The van der Waals surface area contributed by atoms with E-state index in [1.165, 1.54) is 55.3 Å². The van der Waals surface area contributed by atoms with Gasteiger partial charge in [-0.05, 0) is 37.4 Å². The van der Waals surface area contributed by atoms with E-state index in [9.17, 15) is 0 Å². The van der Waals surface area contributed by atoms with Crippen LogP contribution in [-0.4, -0.2) is 21.1 Å². The lowest BCUT2D eigenvalue weighted by molar-refractivity contribution is 0.383. The van der Waals surface area contributed by atoms with Crippen molar-refractivity contribution in [2.75, 3.05) is 11.5 Å². The molecule has 0 spiro atoms. The van der Waals surface area contributed by atoms with Crippen LogP contribution in [0.15, 0.2) is 6.20 Å². The van der Waals surface area contributed by atoms with E-state index in [2.05, 4.69) is 29.4 Å². The smallest absolute Gasteiger partial charge is 0.112 e. The predicted octanol–water partition coefficient (Wildman–Crippen LogP) is 3.08. The van der Waals surface area contributed by atoms with Gasteiger partial charge in [-0.2, -0.15) is 11.8 Å². The molecule has 3 rings (SSSR count). The molecule has 3 heterocycles. The molecule has 2 atom stereocenters. The van der Waals surface area contributed by atoms with Crippen LogP contribution in [0.3, 0.4) is 0 Å². The molecular weight excluding hydrogens is 216 g/mol. The summed E-state index contributed by atoms with van der Waals surface area (Å²) in [5, 5.41) is 0. The fourth-order valence-corrected chi connectivity index (χ4v) is 4.04. The minimum absolute atomic E-state index is 0.720. The third-order valence-corrected chi connectivity index (χ3v) is 5.10. The summed E-state index contributed by atoms with van der Waals surface area (Å²) < 4.78 is 2.52. The zero-order chi connectivity index (χ0) is 11.0. The second-order valence-electron chi connectivity index (χ2n) is 5.28. The fourth-order valence-electron chi connectivity index (χ4n) is 2.90. The van der Waals surface area contributed by atoms with Crippen LogP contribution in [0.1, 0.15) is 43.6 Å². The summed E-state index contributed by atoms with van der Waals surface area (Å²) in [5.74, 6) is 5.56. The van der Waals surface area contributed by atoms with Crippen molar-refractivity contribution < 1.29 is 0 Å². The van der Waals surface area contributed by atoms with E-state index in [1.807, 2.05) is 0 Å². The number of aromatic nitrogens is 2. The molecule has 0 N–H and O–H groups in total. The monoisotopic (exact) mass is 236 g/mol. The topological polar surface area (TPSA) is 17.8 Å². The Kier molecular flexibility index (Phi) is 2.97. The highest BCUT2D eigenvalue weighted by molar-refractivity contribution is 7.99. The largest absolute Gasteiger partial charge is 0.332 e. The molecule has 0 saturated carbocycles. The average Bonchev–Trinajstić information content (AvgIpc) is 2.73. The standard InChI is InChI=1S/C13H20N2S/c1-10-4-5-12-7-14-13(15(12)8-10)11-3-2-6-16-9-11/h7,10-11H,2-6,8-9H2,1H3. The Bertz CT molecular complexity index is 366. The molecule has 0 bridgehead atoms. The van der Waals surface area contributed by atoms with Crippen LogP contribution in [0.25, 0.3) is 0 Å². The lowest BCUT2D eigenvalue weighted by Gasteiger charge is -2.26. The number of nitrogens with zero attached hydrogens (tertiary/aromatic N) is 2. The van der Waals surface area contributed by atoms with Crippen molar-refractivity contribution in [3.05, 3.63) is 17.7 Å². The van der Waals surface area contributed by atoms with E-state index in [0.717, 1.165) is 11.8 Å². The predicted molar refractivity (Wildman–Crippen MR) is 69.0 cm³/mol. The number of hydrogen-bond donors (Lipinski definition) is 0. The summed E-state index contributed by atoms with van der Waals surface area (Å²) in [5.41, 5.74) is 1.48. The third-order valence-electron chi connectivity index (χ3n) is 3.88. The highest BCUT2D eigenvalue weighted by Gasteiger charge is 2.25. The number of rotatable bonds is 1. The van der Waals surface area contributed by atoms with Gasteiger partial charge >= 0.3 is 0 Å². The Morgan fingerprint density at radius 3 is 3.19 bits per heavy atom. The molecule has 16 heavy (non-hydrogen) atoms. The quantitative estimate of drug-likeness (QED) is 0.746. The lowest BCUT2D eigenvalue weighted by Crippen LogP contribution is -2.22. The molecular formula is C13H20N2S. The number of imidazole rings is 1. The van der Waals surface area contributed by atoms with Gasteiger partial charge in [0, 0.05) is 30.1 Å². The Labute approximate surface area is 102 Å². The number of hydrogen-bond acceptors (Lipinski definition) is 2. The van der Waals surface area contributed by atoms with Crippen molar-refractivity contribution in [3.8, 4) is 0 Å². The Hall–Kier alpha value is -0.440. The van der Waals surface area contributed by atoms with Crippen molar-refractivity contribution >= 4 is 11.8 Å². The number of thioether (sulfide) groups is 1. The van der Waals surface area contributed by atoms with Crippen molar-refractivity contribution in [1.29, 1.82) is 0 Å². The Balaban J connectivity index is 1.86. The maximum Gasteiger partial charge on any atom is 0.112 e. The van der Waals surface area contributed by atoms with Gasteiger partial charge in [0.25, 0.3) is 0 Å². The van der Waals surface area contributed by atoms with Gasteiger partial charge in [0.15, 0.2) is 0 Å². The summed E-state index contributed by atoms with van der Waals surface area (Å²) in [6.45, 7) is 3.56. The van der Waals surface area contributed by atoms with Gasteiger partial charge in [-0.1, -0.05) is 6.92 Å². The zero-order valence-electron chi connectivity index (χ0n) is 9.98. The SMILES string of the molecule is CC1CCc2cnc(C3CCCSC3)n2C1. The van der Waals surface area contributed by atoms with Crippen LogP contribution in [0, 0.1) is 5.92 Å². The second kappa shape index (κ2) is 4.44. The molecule has 1 aromatic heterocycles. The zero-order valence-corrected chi connectivity index (χ0v) is 10.8. The molecule has 1 fully saturated rings. The summed E-state index contributed by atoms with van der Waals surface area (Å²) in [4.78, 5) is 4.71. The van der Waals surface area contributed by atoms with E-state index in [0.29, 0.717) is 0 Å². The fraction of sp³-hybridized carbons (Fsp3) is 0.769. The first-order valence-electron chi connectivity index (χ1n) is 6.46. The van der Waals surface area contributed by atoms with E-state index in [1.54, 1.807) is 0 Å². The van der Waals surface area contributed by atoms with Crippen LogP contribution in [-0.2, 0) is 13.0 Å². The molecule has 0 radical (unpaired) electrons. The molecule has 3 heteroatoms. The minimum atomic E-state index is 0.720. The molecule has 2 aliphatic heterocycles. The van der Waals surface area contributed by atoms with E-state index in [-0.39, 0.29) is 0 Å². The highest BCUT2D eigenvalue weighted by Crippen LogP contribution is 2.33. The molecule has 1 saturated heterocycles. The molecule has 0 amide bonds. The number of aryl methyl sites for hydroxylation is 1. The van der Waals surface area contributed by atoms with E-state index in [4.69, 9.17) is 4.98 Å². The van der Waals surface area contributed by atoms with Crippen LogP contribution in [0.2, 0.25) is 0 Å². The first-order chi connectivity index (χ1) is 7.84. The Morgan fingerprint density at radius 2 is 2.38 bits per heavy atom. The van der Waals surface area contributed by atoms with Gasteiger partial charge in [-0.3, -0.25) is 0 Å². The van der Waals surface area contributed by atoms with Crippen molar-refractivity contribution in [3.63, 3.8) is 0 Å². The average molecular weight is 236 g/mol. The van der Waals surface area contributed by atoms with Crippen LogP contribution >= 0.6 is 11.8 Å². The summed E-state index contributed by atoms with van der Waals surface area (Å²) in [7, 11) is 0.